The fourth-order valence-electron chi connectivity index (χ4n) is 1.76. The molecule has 0 aliphatic carbocycles. The van der Waals surface area contributed by atoms with Crippen molar-refractivity contribution in [2.45, 2.75) is 77.0 Å². The molecule has 5 heteroatoms. The maximum absolute atomic E-state index is 12.0. The summed E-state index contributed by atoms with van der Waals surface area (Å²) in [5, 5.41) is 8.79. The topological polar surface area (TPSA) is 29.5 Å². The van der Waals surface area contributed by atoms with E-state index in [1.165, 1.54) is 0 Å². The van der Waals surface area contributed by atoms with Gasteiger partial charge >= 0.3 is 6.18 Å². The lowest BCUT2D eigenvalue weighted by molar-refractivity contribution is -0.205. The van der Waals surface area contributed by atoms with E-state index in [0.29, 0.717) is 6.42 Å². The molecule has 0 rings (SSSR count). The summed E-state index contributed by atoms with van der Waals surface area (Å²) in [6.07, 6.45) is 0.684. The van der Waals surface area contributed by atoms with Crippen LogP contribution < -0.4 is 0 Å². The van der Waals surface area contributed by atoms with Crippen molar-refractivity contribution in [3.8, 4) is 0 Å². The SMILES string of the molecule is CCCCOCCCCCCCCC(O)C(F)(F)F. The number of rotatable bonds is 12. The third-order valence-corrected chi connectivity index (χ3v) is 3.04. The molecule has 0 aromatic heterocycles. The first-order chi connectivity index (χ1) is 8.98. The molecule has 0 bridgehead atoms. The number of halogens is 3. The summed E-state index contributed by atoms with van der Waals surface area (Å²) in [4.78, 5) is 0. The van der Waals surface area contributed by atoms with E-state index in [1.807, 2.05) is 0 Å². The number of alkyl halides is 3. The van der Waals surface area contributed by atoms with E-state index >= 15 is 0 Å². The van der Waals surface area contributed by atoms with E-state index in [0.717, 1.165) is 58.2 Å². The molecule has 19 heavy (non-hydrogen) atoms. The minimum atomic E-state index is -4.46. The second-order valence-corrected chi connectivity index (χ2v) is 4.93. The summed E-state index contributed by atoms with van der Waals surface area (Å²) in [5.74, 6) is 0. The van der Waals surface area contributed by atoms with Gasteiger partial charge in [-0.1, -0.05) is 45.4 Å². The largest absolute Gasteiger partial charge is 0.414 e. The number of aliphatic hydroxyl groups is 1. The zero-order valence-corrected chi connectivity index (χ0v) is 11.8. The Labute approximate surface area is 114 Å². The number of aliphatic hydroxyl groups excluding tert-OH is 1. The van der Waals surface area contributed by atoms with E-state index < -0.39 is 12.3 Å². The Bertz CT molecular complexity index is 196. The van der Waals surface area contributed by atoms with Gasteiger partial charge in [-0.15, -0.1) is 0 Å². The summed E-state index contributed by atoms with van der Waals surface area (Å²) >= 11 is 0. The highest BCUT2D eigenvalue weighted by Crippen LogP contribution is 2.24. The van der Waals surface area contributed by atoms with Crippen molar-refractivity contribution in [2.75, 3.05) is 13.2 Å². The molecule has 0 aliphatic rings. The van der Waals surface area contributed by atoms with Gasteiger partial charge in [0, 0.05) is 13.2 Å². The van der Waals surface area contributed by atoms with Gasteiger partial charge in [0.2, 0.25) is 0 Å². The summed E-state index contributed by atoms with van der Waals surface area (Å²) in [5.41, 5.74) is 0. The Morgan fingerprint density at radius 1 is 0.895 bits per heavy atom. The van der Waals surface area contributed by atoms with Gasteiger partial charge in [-0.2, -0.15) is 13.2 Å². The first kappa shape index (κ1) is 18.7. The lowest BCUT2D eigenvalue weighted by atomic mass is 10.1. The number of hydrogen-bond donors (Lipinski definition) is 1. The summed E-state index contributed by atoms with van der Waals surface area (Å²) in [6, 6.07) is 0. The highest BCUT2D eigenvalue weighted by atomic mass is 19.4. The fraction of sp³-hybridized carbons (Fsp3) is 1.00. The molecule has 0 amide bonds. The van der Waals surface area contributed by atoms with E-state index in [2.05, 4.69) is 6.92 Å². The quantitative estimate of drug-likeness (QED) is 0.536. The monoisotopic (exact) mass is 284 g/mol. The van der Waals surface area contributed by atoms with Gasteiger partial charge in [-0.3, -0.25) is 0 Å². The molecule has 1 N–H and O–H groups in total. The van der Waals surface area contributed by atoms with Crippen LogP contribution in [0.3, 0.4) is 0 Å². The Balaban J connectivity index is 3.15. The van der Waals surface area contributed by atoms with Crippen LogP contribution in [-0.2, 0) is 4.74 Å². The normalized spacial score (nSPS) is 13.7. The van der Waals surface area contributed by atoms with Crippen molar-refractivity contribution in [1.29, 1.82) is 0 Å². The molecule has 0 aromatic rings. The van der Waals surface area contributed by atoms with Gasteiger partial charge in [0.25, 0.3) is 0 Å². The Morgan fingerprint density at radius 2 is 1.42 bits per heavy atom. The second kappa shape index (κ2) is 11.5. The molecule has 0 saturated heterocycles. The fourth-order valence-corrected chi connectivity index (χ4v) is 1.76. The summed E-state index contributed by atoms with van der Waals surface area (Å²) in [6.45, 7) is 3.73. The number of unbranched alkanes of at least 4 members (excludes halogenated alkanes) is 6. The minimum absolute atomic E-state index is 0.177. The van der Waals surface area contributed by atoms with Crippen molar-refractivity contribution >= 4 is 0 Å². The second-order valence-electron chi connectivity index (χ2n) is 4.93. The van der Waals surface area contributed by atoms with Crippen LogP contribution in [0.25, 0.3) is 0 Å². The smallest absolute Gasteiger partial charge is 0.384 e. The molecular formula is C14H27F3O2. The Morgan fingerprint density at radius 3 is 2.00 bits per heavy atom. The first-order valence-electron chi connectivity index (χ1n) is 7.31. The average molecular weight is 284 g/mol. The summed E-state index contributed by atoms with van der Waals surface area (Å²) in [7, 11) is 0. The van der Waals surface area contributed by atoms with Crippen LogP contribution in [0.1, 0.15) is 64.7 Å². The van der Waals surface area contributed by atoms with Crippen molar-refractivity contribution in [3.63, 3.8) is 0 Å². The number of hydrogen-bond acceptors (Lipinski definition) is 2. The van der Waals surface area contributed by atoms with Crippen LogP contribution in [-0.4, -0.2) is 30.6 Å². The van der Waals surface area contributed by atoms with Crippen LogP contribution in [0, 0.1) is 0 Å². The lowest BCUT2D eigenvalue weighted by Gasteiger charge is -2.13. The van der Waals surface area contributed by atoms with Gasteiger partial charge in [-0.25, -0.2) is 0 Å². The molecule has 0 heterocycles. The van der Waals surface area contributed by atoms with Crippen LogP contribution in [0.2, 0.25) is 0 Å². The Hall–Kier alpha value is -0.290. The molecule has 0 radical (unpaired) electrons. The molecule has 0 spiro atoms. The van der Waals surface area contributed by atoms with Gasteiger partial charge in [-0.05, 0) is 19.3 Å². The standard InChI is InChI=1S/C14H27F3O2/c1-2-3-11-19-12-9-7-5-4-6-8-10-13(18)14(15,16)17/h13,18H,2-12H2,1H3. The van der Waals surface area contributed by atoms with Crippen LogP contribution in [0.5, 0.6) is 0 Å². The van der Waals surface area contributed by atoms with Crippen molar-refractivity contribution in [3.05, 3.63) is 0 Å². The van der Waals surface area contributed by atoms with E-state index in [1.54, 1.807) is 0 Å². The molecule has 1 atom stereocenters. The Kier molecular flexibility index (Phi) is 11.4. The van der Waals surface area contributed by atoms with Crippen LogP contribution in [0.15, 0.2) is 0 Å². The van der Waals surface area contributed by atoms with Gasteiger partial charge in [0.15, 0.2) is 0 Å². The molecule has 0 fully saturated rings. The lowest BCUT2D eigenvalue weighted by Crippen LogP contribution is -2.28. The van der Waals surface area contributed by atoms with Crippen molar-refractivity contribution in [1.82, 2.24) is 0 Å². The maximum Gasteiger partial charge on any atom is 0.414 e. The molecule has 0 aliphatic heterocycles. The molecule has 116 valence electrons. The van der Waals surface area contributed by atoms with E-state index in [9.17, 15) is 13.2 Å². The zero-order valence-electron chi connectivity index (χ0n) is 11.8. The highest BCUT2D eigenvalue weighted by molar-refractivity contribution is 4.64. The van der Waals surface area contributed by atoms with Crippen molar-refractivity contribution < 1.29 is 23.0 Å². The van der Waals surface area contributed by atoms with Crippen molar-refractivity contribution in [2.24, 2.45) is 0 Å². The molecule has 1 unspecified atom stereocenters. The summed E-state index contributed by atoms with van der Waals surface area (Å²) < 4.78 is 41.4. The van der Waals surface area contributed by atoms with Gasteiger partial charge in [0.1, 0.15) is 6.10 Å². The minimum Gasteiger partial charge on any atom is -0.384 e. The molecule has 0 aromatic carbocycles. The first-order valence-corrected chi connectivity index (χ1v) is 7.31. The third-order valence-electron chi connectivity index (χ3n) is 3.04. The van der Waals surface area contributed by atoms with E-state index in [-0.39, 0.29) is 6.42 Å². The molecular weight excluding hydrogens is 257 g/mol. The average Bonchev–Trinajstić information content (AvgIpc) is 2.34. The molecule has 0 saturated carbocycles. The predicted molar refractivity (Wildman–Crippen MR) is 70.1 cm³/mol. The van der Waals surface area contributed by atoms with Gasteiger partial charge in [0.05, 0.1) is 0 Å². The van der Waals surface area contributed by atoms with E-state index in [4.69, 9.17) is 9.84 Å². The third kappa shape index (κ3) is 12.5. The maximum atomic E-state index is 12.0. The molecule has 2 nitrogen and oxygen atoms in total. The highest BCUT2D eigenvalue weighted by Gasteiger charge is 2.37. The zero-order chi connectivity index (χ0) is 14.6. The van der Waals surface area contributed by atoms with Crippen LogP contribution >= 0.6 is 0 Å². The number of ether oxygens (including phenoxy) is 1. The van der Waals surface area contributed by atoms with Crippen LogP contribution in [0.4, 0.5) is 13.2 Å². The predicted octanol–water partition coefficient (Wildman–Crippen LogP) is 4.46. The van der Waals surface area contributed by atoms with Gasteiger partial charge < -0.3 is 9.84 Å².